The molecule has 0 rings (SSSR count). The molecule has 0 aromatic heterocycles. The average molecular weight is 892 g/mol. The second kappa shape index (κ2) is 49.8. The second-order valence-corrected chi connectivity index (χ2v) is 20.3. The second-order valence-electron chi connectivity index (χ2n) is 20.3. The standard InChI is InChI=1S/C57H110O6/c1-6-8-9-10-11-12-13-14-15-16-17-18-19-22-25-28-31-37-42-47-55(58)61-50-54(63-57(60)49-44-39-34-33-36-41-46-53(5)7-2)51-62-56(59)48-43-38-32-29-26-23-20-21-24-27-30-35-40-45-52(3)4/h52-54H,6-51H2,1-5H3/t53?,54-/m0/s1. The molecule has 0 bridgehead atoms. The molecule has 63 heavy (non-hydrogen) atoms. The topological polar surface area (TPSA) is 78.9 Å². The number of hydrogen-bond donors (Lipinski definition) is 0. The number of carbonyl (C=O) groups is 3. The molecular formula is C57H110O6. The zero-order valence-corrected chi connectivity index (χ0v) is 43.2. The molecule has 0 aliphatic heterocycles. The number of ether oxygens (including phenoxy) is 3. The van der Waals surface area contributed by atoms with E-state index in [0.717, 1.165) is 69.6 Å². The summed E-state index contributed by atoms with van der Waals surface area (Å²) in [6.07, 6.45) is 52.4. The molecule has 0 aromatic rings. The lowest BCUT2D eigenvalue weighted by Gasteiger charge is -2.18. The summed E-state index contributed by atoms with van der Waals surface area (Å²) < 4.78 is 16.8. The Hall–Kier alpha value is -1.59. The van der Waals surface area contributed by atoms with Crippen LogP contribution in [0.3, 0.4) is 0 Å². The largest absolute Gasteiger partial charge is 0.462 e. The fourth-order valence-electron chi connectivity index (χ4n) is 8.66. The Balaban J connectivity index is 4.22. The first-order valence-corrected chi connectivity index (χ1v) is 28.3. The summed E-state index contributed by atoms with van der Waals surface area (Å²) in [6, 6.07) is 0. The van der Waals surface area contributed by atoms with E-state index in [1.165, 1.54) is 205 Å². The van der Waals surface area contributed by atoms with Gasteiger partial charge in [0.2, 0.25) is 0 Å². The van der Waals surface area contributed by atoms with Crippen LogP contribution in [0.5, 0.6) is 0 Å². The van der Waals surface area contributed by atoms with Crippen LogP contribution in [-0.4, -0.2) is 37.2 Å². The molecule has 374 valence electrons. The number of esters is 3. The minimum Gasteiger partial charge on any atom is -0.462 e. The van der Waals surface area contributed by atoms with Crippen LogP contribution >= 0.6 is 0 Å². The minimum absolute atomic E-state index is 0.0640. The molecule has 6 nitrogen and oxygen atoms in total. The van der Waals surface area contributed by atoms with Crippen molar-refractivity contribution < 1.29 is 28.6 Å². The average Bonchev–Trinajstić information content (AvgIpc) is 3.27. The van der Waals surface area contributed by atoms with Crippen LogP contribution in [0.2, 0.25) is 0 Å². The van der Waals surface area contributed by atoms with Crippen LogP contribution in [0, 0.1) is 11.8 Å². The van der Waals surface area contributed by atoms with Crippen molar-refractivity contribution in [3.05, 3.63) is 0 Å². The van der Waals surface area contributed by atoms with Gasteiger partial charge in [-0.15, -0.1) is 0 Å². The van der Waals surface area contributed by atoms with E-state index in [-0.39, 0.29) is 31.1 Å². The Labute approximate surface area is 393 Å². The lowest BCUT2D eigenvalue weighted by atomic mass is 10.00. The molecule has 0 aromatic carbocycles. The molecule has 6 heteroatoms. The van der Waals surface area contributed by atoms with E-state index < -0.39 is 6.10 Å². The van der Waals surface area contributed by atoms with Gasteiger partial charge in [-0.2, -0.15) is 0 Å². The smallest absolute Gasteiger partial charge is 0.306 e. The lowest BCUT2D eigenvalue weighted by molar-refractivity contribution is -0.167. The van der Waals surface area contributed by atoms with Gasteiger partial charge in [-0.1, -0.05) is 279 Å². The van der Waals surface area contributed by atoms with Gasteiger partial charge in [0.15, 0.2) is 6.10 Å². The number of hydrogen-bond acceptors (Lipinski definition) is 6. The van der Waals surface area contributed by atoms with Gasteiger partial charge < -0.3 is 14.2 Å². The van der Waals surface area contributed by atoms with Crippen molar-refractivity contribution in [1.82, 2.24) is 0 Å². The summed E-state index contributed by atoms with van der Waals surface area (Å²) in [5, 5.41) is 0. The highest BCUT2D eigenvalue weighted by atomic mass is 16.6. The lowest BCUT2D eigenvalue weighted by Crippen LogP contribution is -2.30. The van der Waals surface area contributed by atoms with Crippen LogP contribution in [0.1, 0.15) is 317 Å². The van der Waals surface area contributed by atoms with E-state index in [4.69, 9.17) is 14.2 Å². The van der Waals surface area contributed by atoms with E-state index in [1.54, 1.807) is 0 Å². The monoisotopic (exact) mass is 891 g/mol. The summed E-state index contributed by atoms with van der Waals surface area (Å²) >= 11 is 0. The van der Waals surface area contributed by atoms with Gasteiger partial charge in [0.25, 0.3) is 0 Å². The van der Waals surface area contributed by atoms with Crippen molar-refractivity contribution in [2.75, 3.05) is 13.2 Å². The zero-order valence-electron chi connectivity index (χ0n) is 43.2. The fraction of sp³-hybridized carbons (Fsp3) is 0.947. The minimum atomic E-state index is -0.763. The fourth-order valence-corrected chi connectivity index (χ4v) is 8.66. The van der Waals surface area contributed by atoms with Gasteiger partial charge in [-0.3, -0.25) is 14.4 Å². The third kappa shape index (κ3) is 49.7. The van der Waals surface area contributed by atoms with Crippen LogP contribution in [0.25, 0.3) is 0 Å². The SMILES string of the molecule is CCCCCCCCCCCCCCCCCCCCCC(=O)OC[C@@H](COC(=O)CCCCCCCCCCCCCCCC(C)C)OC(=O)CCCCCCCCC(C)CC. The molecule has 0 spiro atoms. The maximum absolute atomic E-state index is 12.8. The molecule has 0 aliphatic rings. The Bertz CT molecular complexity index is 964. The number of unbranched alkanes of at least 4 members (excludes halogenated alkanes) is 35. The Morgan fingerprint density at radius 1 is 0.333 bits per heavy atom. The molecule has 2 atom stereocenters. The normalized spacial score (nSPS) is 12.5. The molecule has 1 unspecified atom stereocenters. The van der Waals surface area contributed by atoms with Crippen molar-refractivity contribution in [2.45, 2.75) is 323 Å². The van der Waals surface area contributed by atoms with Crippen molar-refractivity contribution >= 4 is 17.9 Å². The van der Waals surface area contributed by atoms with Crippen LogP contribution in [-0.2, 0) is 28.6 Å². The summed E-state index contributed by atoms with van der Waals surface area (Å²) in [4.78, 5) is 38.0. The van der Waals surface area contributed by atoms with Gasteiger partial charge in [-0.25, -0.2) is 0 Å². The molecule has 0 heterocycles. The first-order valence-electron chi connectivity index (χ1n) is 28.3. The van der Waals surface area contributed by atoms with E-state index >= 15 is 0 Å². The maximum atomic E-state index is 12.8. The first-order chi connectivity index (χ1) is 30.8. The highest BCUT2D eigenvalue weighted by Gasteiger charge is 2.19. The van der Waals surface area contributed by atoms with E-state index in [0.29, 0.717) is 19.3 Å². The summed E-state index contributed by atoms with van der Waals surface area (Å²) in [5.41, 5.74) is 0. The molecule has 0 amide bonds. The van der Waals surface area contributed by atoms with E-state index in [1.807, 2.05) is 0 Å². The quantitative estimate of drug-likeness (QED) is 0.0344. The third-order valence-electron chi connectivity index (χ3n) is 13.3. The van der Waals surface area contributed by atoms with Gasteiger partial charge >= 0.3 is 17.9 Å². The van der Waals surface area contributed by atoms with Crippen molar-refractivity contribution in [1.29, 1.82) is 0 Å². The zero-order chi connectivity index (χ0) is 46.1. The van der Waals surface area contributed by atoms with Crippen molar-refractivity contribution in [2.24, 2.45) is 11.8 Å². The number of carbonyl (C=O) groups excluding carboxylic acids is 3. The van der Waals surface area contributed by atoms with Gasteiger partial charge in [0, 0.05) is 19.3 Å². The molecular weight excluding hydrogens is 781 g/mol. The third-order valence-corrected chi connectivity index (χ3v) is 13.3. The Kier molecular flexibility index (Phi) is 48.6. The van der Waals surface area contributed by atoms with Crippen LogP contribution in [0.15, 0.2) is 0 Å². The molecule has 0 radical (unpaired) electrons. The molecule has 0 aliphatic carbocycles. The van der Waals surface area contributed by atoms with Gasteiger partial charge in [-0.05, 0) is 31.1 Å². The number of rotatable bonds is 51. The summed E-state index contributed by atoms with van der Waals surface area (Å²) in [5.74, 6) is 0.803. The highest BCUT2D eigenvalue weighted by Crippen LogP contribution is 2.18. The van der Waals surface area contributed by atoms with Crippen LogP contribution in [0.4, 0.5) is 0 Å². The summed E-state index contributed by atoms with van der Waals surface area (Å²) in [7, 11) is 0. The van der Waals surface area contributed by atoms with E-state index in [2.05, 4.69) is 34.6 Å². The molecule has 0 N–H and O–H groups in total. The van der Waals surface area contributed by atoms with Crippen molar-refractivity contribution in [3.63, 3.8) is 0 Å². The predicted molar refractivity (Wildman–Crippen MR) is 270 cm³/mol. The van der Waals surface area contributed by atoms with Crippen molar-refractivity contribution in [3.8, 4) is 0 Å². The summed E-state index contributed by atoms with van der Waals surface area (Å²) in [6.45, 7) is 11.4. The highest BCUT2D eigenvalue weighted by molar-refractivity contribution is 5.71. The Morgan fingerprint density at radius 3 is 0.905 bits per heavy atom. The first kappa shape index (κ1) is 61.4. The van der Waals surface area contributed by atoms with Crippen LogP contribution < -0.4 is 0 Å². The predicted octanol–water partition coefficient (Wildman–Crippen LogP) is 18.5. The maximum Gasteiger partial charge on any atom is 0.306 e. The molecule has 0 fully saturated rings. The Morgan fingerprint density at radius 2 is 0.603 bits per heavy atom. The van der Waals surface area contributed by atoms with E-state index in [9.17, 15) is 14.4 Å². The molecule has 0 saturated carbocycles. The molecule has 0 saturated heterocycles. The van der Waals surface area contributed by atoms with Gasteiger partial charge in [0.1, 0.15) is 13.2 Å². The van der Waals surface area contributed by atoms with Gasteiger partial charge in [0.05, 0.1) is 0 Å².